The molecule has 1 aromatic rings. The fourth-order valence-corrected chi connectivity index (χ4v) is 2.51. The normalized spacial score (nSPS) is 12.7. The lowest BCUT2D eigenvalue weighted by atomic mass is 9.94. The van der Waals surface area contributed by atoms with Gasteiger partial charge in [0.2, 0.25) is 5.91 Å². The lowest BCUT2D eigenvalue weighted by molar-refractivity contribution is -0.117. The SMILES string of the molecule is CC(C)CC(CN)CC(=O)Nc1ccccc1CN(C)C. The summed E-state index contributed by atoms with van der Waals surface area (Å²) in [7, 11) is 4.04. The highest BCUT2D eigenvalue weighted by Gasteiger charge is 2.15. The van der Waals surface area contributed by atoms with Gasteiger partial charge in [-0.3, -0.25) is 4.79 Å². The van der Waals surface area contributed by atoms with Crippen LogP contribution in [0.1, 0.15) is 32.3 Å². The Hall–Kier alpha value is -1.39. The Bertz CT molecular complexity index is 443. The molecule has 0 saturated heterocycles. The van der Waals surface area contributed by atoms with Crippen LogP contribution in [-0.4, -0.2) is 31.4 Å². The Morgan fingerprint density at radius 3 is 2.52 bits per heavy atom. The molecular formula is C17H29N3O. The Morgan fingerprint density at radius 1 is 1.29 bits per heavy atom. The van der Waals surface area contributed by atoms with E-state index in [-0.39, 0.29) is 11.8 Å². The number of hydrogen-bond donors (Lipinski definition) is 2. The summed E-state index contributed by atoms with van der Waals surface area (Å²) in [6, 6.07) is 7.94. The highest BCUT2D eigenvalue weighted by atomic mass is 16.1. The average molecular weight is 291 g/mol. The van der Waals surface area contributed by atoms with Crippen molar-refractivity contribution in [3.63, 3.8) is 0 Å². The zero-order chi connectivity index (χ0) is 15.8. The highest BCUT2D eigenvalue weighted by Crippen LogP contribution is 2.19. The van der Waals surface area contributed by atoms with E-state index >= 15 is 0 Å². The Labute approximate surface area is 128 Å². The van der Waals surface area contributed by atoms with Gasteiger partial charge in [0.05, 0.1) is 0 Å². The maximum atomic E-state index is 12.2. The van der Waals surface area contributed by atoms with Crippen LogP contribution in [0.25, 0.3) is 0 Å². The smallest absolute Gasteiger partial charge is 0.224 e. The van der Waals surface area contributed by atoms with Gasteiger partial charge in [-0.25, -0.2) is 0 Å². The molecule has 3 N–H and O–H groups in total. The van der Waals surface area contributed by atoms with E-state index in [9.17, 15) is 4.79 Å². The van der Waals surface area contributed by atoms with Gasteiger partial charge in [0.1, 0.15) is 0 Å². The van der Waals surface area contributed by atoms with Crippen LogP contribution in [0, 0.1) is 11.8 Å². The summed E-state index contributed by atoms with van der Waals surface area (Å²) in [5.74, 6) is 0.871. The maximum Gasteiger partial charge on any atom is 0.224 e. The van der Waals surface area contributed by atoms with E-state index in [2.05, 4.69) is 24.1 Å². The largest absolute Gasteiger partial charge is 0.330 e. The van der Waals surface area contributed by atoms with Gasteiger partial charge >= 0.3 is 0 Å². The minimum absolute atomic E-state index is 0.0531. The van der Waals surface area contributed by atoms with E-state index in [1.54, 1.807) is 0 Å². The number of para-hydroxylation sites is 1. The molecule has 0 saturated carbocycles. The molecule has 0 radical (unpaired) electrons. The molecule has 0 bridgehead atoms. The maximum absolute atomic E-state index is 12.2. The Kier molecular flexibility index (Phi) is 7.40. The lowest BCUT2D eigenvalue weighted by Crippen LogP contribution is -2.24. The number of amides is 1. The molecule has 4 heteroatoms. The van der Waals surface area contributed by atoms with Gasteiger partial charge in [0.25, 0.3) is 0 Å². The number of nitrogens with zero attached hydrogens (tertiary/aromatic N) is 1. The molecule has 1 rings (SSSR count). The zero-order valence-electron chi connectivity index (χ0n) is 13.7. The number of carbonyl (C=O) groups is 1. The summed E-state index contributed by atoms with van der Waals surface area (Å²) in [5, 5.41) is 3.03. The number of hydrogen-bond acceptors (Lipinski definition) is 3. The molecule has 1 unspecified atom stereocenters. The van der Waals surface area contributed by atoms with E-state index in [1.165, 1.54) is 0 Å². The predicted octanol–water partition coefficient (Wildman–Crippen LogP) is 2.70. The van der Waals surface area contributed by atoms with E-state index in [1.807, 2.05) is 38.4 Å². The fraction of sp³-hybridized carbons (Fsp3) is 0.588. The minimum Gasteiger partial charge on any atom is -0.330 e. The first kappa shape index (κ1) is 17.7. The number of nitrogens with two attached hydrogens (primary N) is 1. The third kappa shape index (κ3) is 6.74. The van der Waals surface area contributed by atoms with Crippen molar-refractivity contribution in [3.8, 4) is 0 Å². The molecule has 4 nitrogen and oxygen atoms in total. The van der Waals surface area contributed by atoms with Crippen LogP contribution in [0.5, 0.6) is 0 Å². The Balaban J connectivity index is 2.65. The minimum atomic E-state index is 0.0531. The number of rotatable bonds is 8. The number of benzene rings is 1. The van der Waals surface area contributed by atoms with Crippen LogP contribution in [0.3, 0.4) is 0 Å². The first-order valence-corrected chi connectivity index (χ1v) is 7.65. The van der Waals surface area contributed by atoms with E-state index < -0.39 is 0 Å². The Morgan fingerprint density at radius 2 is 1.95 bits per heavy atom. The second-order valence-electron chi connectivity index (χ2n) is 6.38. The molecule has 0 aromatic heterocycles. The van der Waals surface area contributed by atoms with E-state index in [0.29, 0.717) is 18.9 Å². The molecule has 0 fully saturated rings. The molecule has 118 valence electrons. The molecule has 1 atom stereocenters. The molecular weight excluding hydrogens is 262 g/mol. The number of anilines is 1. The van der Waals surface area contributed by atoms with Gasteiger partial charge in [0.15, 0.2) is 0 Å². The van der Waals surface area contributed by atoms with Crippen molar-refractivity contribution >= 4 is 11.6 Å². The molecule has 0 heterocycles. The summed E-state index contributed by atoms with van der Waals surface area (Å²) in [4.78, 5) is 14.3. The first-order chi connectivity index (χ1) is 9.92. The van der Waals surface area contributed by atoms with Crippen LogP contribution in [0.2, 0.25) is 0 Å². The van der Waals surface area contributed by atoms with Gasteiger partial charge in [-0.1, -0.05) is 32.0 Å². The predicted molar refractivity (Wildman–Crippen MR) is 89.1 cm³/mol. The summed E-state index contributed by atoms with van der Waals surface area (Å²) in [6.45, 7) is 5.69. The standard InChI is InChI=1S/C17H29N3O/c1-13(2)9-14(11-18)10-17(21)19-16-8-6-5-7-15(16)12-20(3)4/h5-8,13-14H,9-12,18H2,1-4H3,(H,19,21). The van der Waals surface area contributed by atoms with Crippen LogP contribution in [-0.2, 0) is 11.3 Å². The summed E-state index contributed by atoms with van der Waals surface area (Å²) < 4.78 is 0. The van der Waals surface area contributed by atoms with Crippen molar-refractivity contribution in [2.24, 2.45) is 17.6 Å². The average Bonchev–Trinajstić information content (AvgIpc) is 2.39. The van der Waals surface area contributed by atoms with E-state index in [0.717, 1.165) is 24.2 Å². The molecule has 0 aliphatic rings. The molecule has 1 amide bonds. The summed E-state index contributed by atoms with van der Waals surface area (Å²) in [6.07, 6.45) is 1.48. The zero-order valence-corrected chi connectivity index (χ0v) is 13.7. The van der Waals surface area contributed by atoms with Crippen LogP contribution in [0.15, 0.2) is 24.3 Å². The third-order valence-corrected chi connectivity index (χ3v) is 3.39. The monoisotopic (exact) mass is 291 g/mol. The lowest BCUT2D eigenvalue weighted by Gasteiger charge is -2.18. The molecule has 0 spiro atoms. The second kappa shape index (κ2) is 8.80. The third-order valence-electron chi connectivity index (χ3n) is 3.39. The van der Waals surface area contributed by atoms with E-state index in [4.69, 9.17) is 5.73 Å². The molecule has 0 aliphatic carbocycles. The summed E-state index contributed by atoms with van der Waals surface area (Å²) in [5.41, 5.74) is 7.80. The van der Waals surface area contributed by atoms with Crippen molar-refractivity contribution in [2.75, 3.05) is 26.0 Å². The van der Waals surface area contributed by atoms with Gasteiger partial charge in [-0.2, -0.15) is 0 Å². The number of nitrogens with one attached hydrogen (secondary N) is 1. The van der Waals surface area contributed by atoms with Gasteiger partial charge in [0, 0.05) is 18.7 Å². The van der Waals surface area contributed by atoms with Crippen molar-refractivity contribution < 1.29 is 4.79 Å². The topological polar surface area (TPSA) is 58.4 Å². The van der Waals surface area contributed by atoms with Crippen molar-refractivity contribution in [2.45, 2.75) is 33.2 Å². The van der Waals surface area contributed by atoms with Crippen LogP contribution in [0.4, 0.5) is 5.69 Å². The van der Waals surface area contributed by atoms with Crippen LogP contribution >= 0.6 is 0 Å². The highest BCUT2D eigenvalue weighted by molar-refractivity contribution is 5.91. The van der Waals surface area contributed by atoms with Gasteiger partial charge < -0.3 is 16.0 Å². The summed E-state index contributed by atoms with van der Waals surface area (Å²) >= 11 is 0. The van der Waals surface area contributed by atoms with Crippen LogP contribution < -0.4 is 11.1 Å². The second-order valence-corrected chi connectivity index (χ2v) is 6.38. The first-order valence-electron chi connectivity index (χ1n) is 7.65. The van der Waals surface area contributed by atoms with Crippen molar-refractivity contribution in [1.29, 1.82) is 0 Å². The van der Waals surface area contributed by atoms with Crippen molar-refractivity contribution in [3.05, 3.63) is 29.8 Å². The molecule has 1 aromatic carbocycles. The van der Waals surface area contributed by atoms with Crippen molar-refractivity contribution in [1.82, 2.24) is 4.90 Å². The fourth-order valence-electron chi connectivity index (χ4n) is 2.51. The quantitative estimate of drug-likeness (QED) is 0.774. The molecule has 21 heavy (non-hydrogen) atoms. The molecule has 0 aliphatic heterocycles. The van der Waals surface area contributed by atoms with Gasteiger partial charge in [-0.05, 0) is 50.5 Å². The van der Waals surface area contributed by atoms with Gasteiger partial charge in [-0.15, -0.1) is 0 Å². The number of carbonyl (C=O) groups excluding carboxylic acids is 1.